The second-order valence-electron chi connectivity index (χ2n) is 23.5. The lowest BCUT2D eigenvalue weighted by Crippen LogP contribution is -2.61. The maximum Gasteiger partial charge on any atom is 0.407 e. The van der Waals surface area contributed by atoms with Crippen LogP contribution in [0.5, 0.6) is 5.75 Å². The number of amides is 2. The average Bonchev–Trinajstić information content (AvgIpc) is 3.86. The second kappa shape index (κ2) is 28.2. The van der Waals surface area contributed by atoms with Crippen LogP contribution in [0.2, 0.25) is 5.02 Å². The number of benzene rings is 2. The van der Waals surface area contributed by atoms with Gasteiger partial charge in [0.2, 0.25) is 0 Å². The van der Waals surface area contributed by atoms with E-state index < -0.39 is 108 Å². The number of rotatable bonds is 16. The molecule has 23 heteroatoms. The van der Waals surface area contributed by atoms with Crippen LogP contribution in [0.4, 0.5) is 9.59 Å². The van der Waals surface area contributed by atoms with Gasteiger partial charge >= 0.3 is 18.2 Å². The van der Waals surface area contributed by atoms with Crippen LogP contribution in [0.1, 0.15) is 112 Å². The first-order chi connectivity index (χ1) is 38.1. The fourth-order valence-corrected chi connectivity index (χ4v) is 12.1. The SMILES string of the molecule is CC[C@@H]1OC(=O)[C@H](C)[C@H](O[C@H]2C[C@@](C)(OC)[C@@H](OC(=O)NCc3cn(Cc4cccc(Cl)c4)nn3)[C@H](C)O2)[C@H](C)[C@@H](O[C@@H]2O[C@H](C)C[C@H](N(C)C)[C@H]2O)[C@](C)(O)C[C@@H](C)CN(C)[C@@H](C)[C@H](OC(=O)NCc2ccc(OC)cc2)[C@]1(C)O. The number of nitrogens with zero attached hydrogens (tertiary/aromatic N) is 5. The number of methoxy groups -OCH3 is 2. The average molecular weight is 1160 g/mol. The summed E-state index contributed by atoms with van der Waals surface area (Å²) in [5.41, 5.74) is -2.68. The van der Waals surface area contributed by atoms with Crippen molar-refractivity contribution in [3.63, 3.8) is 0 Å². The molecule has 0 radical (unpaired) electrons. The first kappa shape index (κ1) is 65.4. The number of aromatic nitrogens is 3. The van der Waals surface area contributed by atoms with Gasteiger partial charge in [-0.2, -0.15) is 0 Å². The van der Waals surface area contributed by atoms with Crippen LogP contribution in [0.3, 0.4) is 0 Å². The molecule has 1 aromatic heterocycles. The van der Waals surface area contributed by atoms with Gasteiger partial charge in [-0.15, -0.1) is 5.10 Å². The van der Waals surface area contributed by atoms with E-state index in [1.165, 1.54) is 14.0 Å². The highest BCUT2D eigenvalue weighted by Crippen LogP contribution is 2.41. The van der Waals surface area contributed by atoms with Crippen molar-refractivity contribution < 1.29 is 72.3 Å². The van der Waals surface area contributed by atoms with Crippen LogP contribution in [0, 0.1) is 17.8 Å². The lowest BCUT2D eigenvalue weighted by atomic mass is 9.77. The summed E-state index contributed by atoms with van der Waals surface area (Å²) in [6, 6.07) is 13.6. The molecule has 0 saturated carbocycles. The largest absolute Gasteiger partial charge is 0.497 e. The molecule has 0 aliphatic carbocycles. The highest BCUT2D eigenvalue weighted by Gasteiger charge is 2.54. The van der Waals surface area contributed by atoms with Crippen LogP contribution in [0.25, 0.3) is 0 Å². The van der Waals surface area contributed by atoms with Crippen LogP contribution < -0.4 is 15.4 Å². The molecule has 3 aliphatic heterocycles. The van der Waals surface area contributed by atoms with Crippen molar-refractivity contribution in [3.8, 4) is 5.75 Å². The number of nitrogens with one attached hydrogen (secondary N) is 2. The van der Waals surface area contributed by atoms with Gasteiger partial charge in [0.1, 0.15) is 34.9 Å². The topological polar surface area (TPSA) is 256 Å². The van der Waals surface area contributed by atoms with E-state index in [0.717, 1.165) is 11.1 Å². The van der Waals surface area contributed by atoms with Crippen molar-refractivity contribution in [2.75, 3.05) is 41.9 Å². The summed E-state index contributed by atoms with van der Waals surface area (Å²) in [4.78, 5) is 46.1. The van der Waals surface area contributed by atoms with Crippen molar-refractivity contribution in [2.45, 2.75) is 205 Å². The third-order valence-corrected chi connectivity index (χ3v) is 16.7. The molecule has 3 aromatic rings. The summed E-state index contributed by atoms with van der Waals surface area (Å²) in [7, 11) is 8.63. The van der Waals surface area contributed by atoms with Crippen LogP contribution >= 0.6 is 11.6 Å². The molecule has 454 valence electrons. The number of aliphatic hydroxyl groups is 3. The normalized spacial score (nSPS) is 35.7. The van der Waals surface area contributed by atoms with Gasteiger partial charge in [0, 0.05) is 49.6 Å². The number of aliphatic hydroxyl groups excluding tert-OH is 1. The highest BCUT2D eigenvalue weighted by molar-refractivity contribution is 6.30. The fraction of sp³-hybridized carbons (Fsp3) is 0.707. The van der Waals surface area contributed by atoms with Crippen molar-refractivity contribution in [1.82, 2.24) is 35.4 Å². The van der Waals surface area contributed by atoms with Gasteiger partial charge in [0.25, 0.3) is 0 Å². The molecule has 3 saturated heterocycles. The zero-order valence-corrected chi connectivity index (χ0v) is 50.6. The molecule has 6 rings (SSSR count). The Bertz CT molecular complexity index is 2500. The molecule has 0 bridgehead atoms. The molecule has 4 heterocycles. The highest BCUT2D eigenvalue weighted by atomic mass is 35.5. The Hall–Kier alpha value is -4.72. The molecule has 5 N–H and O–H groups in total. The molecule has 0 spiro atoms. The van der Waals surface area contributed by atoms with E-state index in [1.807, 2.05) is 82.0 Å². The first-order valence-corrected chi connectivity index (χ1v) is 28.5. The second-order valence-corrected chi connectivity index (χ2v) is 24.0. The first-order valence-electron chi connectivity index (χ1n) is 28.1. The molecule has 22 nitrogen and oxygen atoms in total. The van der Waals surface area contributed by atoms with Crippen molar-refractivity contribution in [1.29, 1.82) is 0 Å². The number of cyclic esters (lactones) is 1. The number of carbonyl (C=O) groups is 3. The number of esters is 1. The van der Waals surface area contributed by atoms with Gasteiger partial charge in [-0.05, 0) is 130 Å². The Kier molecular flexibility index (Phi) is 22.8. The molecular formula is C58H90ClN7O15. The van der Waals surface area contributed by atoms with Gasteiger partial charge in [0.05, 0.1) is 62.3 Å². The number of alkyl carbamates (subject to hydrolysis) is 2. The van der Waals surface area contributed by atoms with Gasteiger partial charge in [-0.25, -0.2) is 14.3 Å². The molecule has 81 heavy (non-hydrogen) atoms. The summed E-state index contributed by atoms with van der Waals surface area (Å²) in [6.07, 6.45) is -9.50. The summed E-state index contributed by atoms with van der Waals surface area (Å²) in [6.45, 7) is 18.4. The Labute approximate surface area is 482 Å². The Morgan fingerprint density at radius 3 is 2.19 bits per heavy atom. The van der Waals surface area contributed by atoms with Crippen LogP contribution in [-0.2, 0) is 62.3 Å². The van der Waals surface area contributed by atoms with Crippen molar-refractivity contribution >= 4 is 29.8 Å². The lowest BCUT2D eigenvalue weighted by Gasteiger charge is -2.49. The Balaban J connectivity index is 1.29. The maximum atomic E-state index is 15.0. The van der Waals surface area contributed by atoms with E-state index in [-0.39, 0.29) is 50.4 Å². The predicted octanol–water partition coefficient (Wildman–Crippen LogP) is 6.07. The fourth-order valence-electron chi connectivity index (χ4n) is 11.9. The lowest BCUT2D eigenvalue weighted by molar-refractivity contribution is -0.317. The van der Waals surface area contributed by atoms with Crippen LogP contribution in [0.15, 0.2) is 54.7 Å². The van der Waals surface area contributed by atoms with Crippen LogP contribution in [-0.4, -0.2) is 190 Å². The number of ether oxygens (including phenoxy) is 9. The molecule has 0 unspecified atom stereocenters. The summed E-state index contributed by atoms with van der Waals surface area (Å²) in [5, 5.41) is 52.1. The minimum atomic E-state index is -1.97. The van der Waals surface area contributed by atoms with E-state index in [0.29, 0.717) is 36.0 Å². The smallest absolute Gasteiger partial charge is 0.407 e. The molecule has 18 atom stereocenters. The van der Waals surface area contributed by atoms with Crippen molar-refractivity contribution in [3.05, 3.63) is 76.6 Å². The number of halogens is 1. The predicted molar refractivity (Wildman–Crippen MR) is 300 cm³/mol. The summed E-state index contributed by atoms with van der Waals surface area (Å²) < 4.78 is 58.3. The van der Waals surface area contributed by atoms with Gasteiger partial charge in [-0.1, -0.05) is 61.9 Å². The molecule has 3 aliphatic rings. The minimum Gasteiger partial charge on any atom is -0.497 e. The summed E-state index contributed by atoms with van der Waals surface area (Å²) >= 11 is 6.17. The molecule has 2 amide bonds. The minimum absolute atomic E-state index is 0.00387. The van der Waals surface area contributed by atoms with Crippen molar-refractivity contribution in [2.24, 2.45) is 17.8 Å². The maximum absolute atomic E-state index is 15.0. The van der Waals surface area contributed by atoms with E-state index in [4.69, 9.17) is 54.2 Å². The van der Waals surface area contributed by atoms with E-state index >= 15 is 4.79 Å². The number of hydrogen-bond acceptors (Lipinski definition) is 19. The zero-order valence-electron chi connectivity index (χ0n) is 49.9. The Morgan fingerprint density at radius 1 is 0.889 bits per heavy atom. The molecule has 2 aromatic carbocycles. The van der Waals surface area contributed by atoms with E-state index in [1.54, 1.807) is 77.7 Å². The monoisotopic (exact) mass is 1160 g/mol. The van der Waals surface area contributed by atoms with Gasteiger partial charge in [0.15, 0.2) is 24.8 Å². The molecular weight excluding hydrogens is 1070 g/mol. The van der Waals surface area contributed by atoms with E-state index in [9.17, 15) is 24.9 Å². The quantitative estimate of drug-likeness (QED) is 0.0806. The van der Waals surface area contributed by atoms with Gasteiger partial charge < -0.3 is 73.5 Å². The van der Waals surface area contributed by atoms with E-state index in [2.05, 4.69) is 20.9 Å². The van der Waals surface area contributed by atoms with Gasteiger partial charge in [-0.3, -0.25) is 9.69 Å². The third kappa shape index (κ3) is 16.8. The standard InChI is InChI=1S/C58H90ClN7O15/c1-16-45-58(10,72)50(80-54(69)60-28-39-20-22-43(73-14)23-21-39)37(6)65(13)30-33(2)26-56(8,71)49(79-53-47(67)44(64(11)12)24-34(3)75-53)35(4)48(36(5)52(68)77-45)78-46-27-57(9,74-15)51(38(7)76-46)81-55(70)61-29-42-32-66(63-62-42)31-40-18-17-19-41(59)25-40/h17-23,25,32-38,44-51,53,67,71-72H,16,24,26-31H2,1-15H3,(H,60,69)(H,61,70)/t33-,34-,35+,36-,37+,38+,44+,45+,46+,47-,48-,49-,50+,51+,53+,56-,57-,58-/m1/s1. The Morgan fingerprint density at radius 2 is 1.56 bits per heavy atom. The zero-order chi connectivity index (χ0) is 59.7. The number of hydrogen-bond donors (Lipinski definition) is 5. The third-order valence-electron chi connectivity index (χ3n) is 16.4. The molecule has 3 fully saturated rings. The number of carbonyl (C=O) groups excluding carboxylic acids is 3. The number of likely N-dealkylation sites (N-methyl/N-ethyl adjacent to an activating group) is 2. The summed E-state index contributed by atoms with van der Waals surface area (Å²) in [5.74, 6) is -2.45.